The molecule has 2 aromatic rings. The van der Waals surface area contributed by atoms with E-state index in [2.05, 4.69) is 0 Å². The lowest BCUT2D eigenvalue weighted by atomic mass is 9.95. The molecule has 0 aromatic heterocycles. The molecular formula is C21H20O12. The number of fused-ring (bicyclic) bond motifs is 1. The summed E-state index contributed by atoms with van der Waals surface area (Å²) in [5, 5.41) is 68.5. The van der Waals surface area contributed by atoms with Gasteiger partial charge < -0.3 is 50.0 Å². The zero-order valence-electron chi connectivity index (χ0n) is 16.7. The van der Waals surface area contributed by atoms with Gasteiger partial charge in [-0.1, -0.05) is 6.07 Å². The van der Waals surface area contributed by atoms with Gasteiger partial charge in [0, 0.05) is 12.1 Å². The molecule has 2 aliphatic heterocycles. The van der Waals surface area contributed by atoms with E-state index in [1.54, 1.807) is 0 Å². The maximum atomic E-state index is 12.6. The Morgan fingerprint density at radius 3 is 2.33 bits per heavy atom. The Bertz CT molecular complexity index is 1100. The number of ether oxygens (including phenoxy) is 3. The van der Waals surface area contributed by atoms with E-state index in [0.717, 1.165) is 6.07 Å². The van der Waals surface area contributed by atoms with Crippen LogP contribution in [0.15, 0.2) is 30.3 Å². The second kappa shape index (κ2) is 8.41. The molecule has 2 aliphatic rings. The lowest BCUT2D eigenvalue weighted by Crippen LogP contribution is -2.61. The van der Waals surface area contributed by atoms with Gasteiger partial charge in [0.05, 0.1) is 6.42 Å². The van der Waals surface area contributed by atoms with E-state index in [0.29, 0.717) is 5.56 Å². The highest BCUT2D eigenvalue weighted by molar-refractivity contribution is 6.02. The minimum Gasteiger partial charge on any atom is -0.507 e. The first kappa shape index (κ1) is 22.6. The van der Waals surface area contributed by atoms with Crippen molar-refractivity contribution in [1.82, 2.24) is 0 Å². The van der Waals surface area contributed by atoms with Crippen molar-refractivity contribution in [2.24, 2.45) is 0 Å². The third-order valence-electron chi connectivity index (χ3n) is 5.41. The van der Waals surface area contributed by atoms with E-state index in [-0.39, 0.29) is 29.2 Å². The number of Topliss-reactive ketones (excluding diaryl/α,β-unsaturated/α-hetero) is 1. The lowest BCUT2D eigenvalue weighted by molar-refractivity contribution is -0.271. The standard InChI is InChI=1S/C21H20O12/c22-9-2-1-7(3-10(9)23)13-6-12(25)15-11(24)4-8(5-14(15)32-13)31-21-18(28)16(26)17(27)19(33-21)20(29)30/h1-5,13,16-19,21-24,26-28H,6H2,(H,29,30)/t13-,16-,17-,18-,19+,21+/m1/s1. The summed E-state index contributed by atoms with van der Waals surface area (Å²) in [6.07, 6.45) is -10.3. The maximum Gasteiger partial charge on any atom is 0.335 e. The number of ketones is 1. The molecule has 0 amide bonds. The van der Waals surface area contributed by atoms with Gasteiger partial charge in [0.15, 0.2) is 23.4 Å². The fourth-order valence-electron chi connectivity index (χ4n) is 3.69. The van der Waals surface area contributed by atoms with Crippen molar-refractivity contribution in [1.29, 1.82) is 0 Å². The second-order valence-corrected chi connectivity index (χ2v) is 7.65. The third kappa shape index (κ3) is 4.12. The molecule has 0 spiro atoms. The van der Waals surface area contributed by atoms with E-state index in [1.165, 1.54) is 24.3 Å². The number of benzene rings is 2. The highest BCUT2D eigenvalue weighted by Gasteiger charge is 2.48. The average molecular weight is 464 g/mol. The maximum absolute atomic E-state index is 12.6. The zero-order chi connectivity index (χ0) is 24.0. The Morgan fingerprint density at radius 1 is 0.939 bits per heavy atom. The van der Waals surface area contributed by atoms with Gasteiger partial charge in [-0.15, -0.1) is 0 Å². The van der Waals surface area contributed by atoms with Gasteiger partial charge in [-0.3, -0.25) is 4.79 Å². The normalized spacial score (nSPS) is 29.1. The number of aromatic hydroxyl groups is 3. The number of hydrogen-bond acceptors (Lipinski definition) is 11. The monoisotopic (exact) mass is 464 g/mol. The summed E-state index contributed by atoms with van der Waals surface area (Å²) < 4.78 is 16.2. The van der Waals surface area contributed by atoms with Gasteiger partial charge in [-0.05, 0) is 17.7 Å². The number of aliphatic carboxylic acids is 1. The lowest BCUT2D eigenvalue weighted by Gasteiger charge is -2.38. The Morgan fingerprint density at radius 2 is 1.67 bits per heavy atom. The largest absolute Gasteiger partial charge is 0.507 e. The van der Waals surface area contributed by atoms with Gasteiger partial charge >= 0.3 is 5.97 Å². The van der Waals surface area contributed by atoms with Gasteiger partial charge in [0.2, 0.25) is 6.29 Å². The molecule has 6 atom stereocenters. The van der Waals surface area contributed by atoms with Crippen LogP contribution in [0.1, 0.15) is 28.4 Å². The molecule has 0 saturated carbocycles. The predicted molar refractivity (Wildman–Crippen MR) is 105 cm³/mol. The van der Waals surface area contributed by atoms with E-state index >= 15 is 0 Å². The number of carboxylic acid groups (broad SMARTS) is 1. The minimum absolute atomic E-state index is 0.0977. The molecule has 12 heteroatoms. The molecule has 7 N–H and O–H groups in total. The van der Waals surface area contributed by atoms with Crippen molar-refractivity contribution >= 4 is 11.8 Å². The van der Waals surface area contributed by atoms with Gasteiger partial charge in [0.25, 0.3) is 0 Å². The molecule has 1 saturated heterocycles. The molecule has 0 aliphatic carbocycles. The summed E-state index contributed by atoms with van der Waals surface area (Å²) in [7, 11) is 0. The molecule has 0 unspecified atom stereocenters. The van der Waals surface area contributed by atoms with Crippen molar-refractivity contribution in [2.75, 3.05) is 0 Å². The molecule has 0 radical (unpaired) electrons. The van der Waals surface area contributed by atoms with Crippen LogP contribution in [0.25, 0.3) is 0 Å². The average Bonchev–Trinajstić information content (AvgIpc) is 2.75. The van der Waals surface area contributed by atoms with Crippen molar-refractivity contribution in [3.05, 3.63) is 41.5 Å². The number of carboxylic acids is 1. The van der Waals surface area contributed by atoms with Crippen LogP contribution in [0.3, 0.4) is 0 Å². The van der Waals surface area contributed by atoms with E-state index in [9.17, 15) is 40.2 Å². The number of phenols is 3. The first-order valence-electron chi connectivity index (χ1n) is 9.74. The summed E-state index contributed by atoms with van der Waals surface area (Å²) in [6.45, 7) is 0. The van der Waals surface area contributed by atoms with Gasteiger partial charge in [-0.2, -0.15) is 0 Å². The molecule has 0 bridgehead atoms. The van der Waals surface area contributed by atoms with Crippen molar-refractivity contribution in [3.63, 3.8) is 0 Å². The highest BCUT2D eigenvalue weighted by atomic mass is 16.7. The smallest absolute Gasteiger partial charge is 0.335 e. The minimum atomic E-state index is -1.90. The molecule has 2 heterocycles. The van der Waals surface area contributed by atoms with Crippen LogP contribution in [0, 0.1) is 0 Å². The predicted octanol–water partition coefficient (Wildman–Crippen LogP) is -0.219. The fraction of sp³-hybridized carbons (Fsp3) is 0.333. The quantitative estimate of drug-likeness (QED) is 0.294. The van der Waals surface area contributed by atoms with Crippen LogP contribution in [0.4, 0.5) is 0 Å². The summed E-state index contributed by atoms with van der Waals surface area (Å²) in [4.78, 5) is 23.9. The molecule has 33 heavy (non-hydrogen) atoms. The second-order valence-electron chi connectivity index (χ2n) is 7.65. The van der Waals surface area contributed by atoms with Gasteiger partial charge in [-0.25, -0.2) is 4.79 Å². The van der Waals surface area contributed by atoms with Crippen molar-refractivity contribution in [2.45, 2.75) is 43.2 Å². The third-order valence-corrected chi connectivity index (χ3v) is 5.41. The highest BCUT2D eigenvalue weighted by Crippen LogP contribution is 2.43. The first-order chi connectivity index (χ1) is 15.6. The number of hydrogen-bond donors (Lipinski definition) is 7. The van der Waals surface area contributed by atoms with E-state index < -0.39 is 60.1 Å². The zero-order valence-corrected chi connectivity index (χ0v) is 16.7. The molecule has 176 valence electrons. The van der Waals surface area contributed by atoms with Gasteiger partial charge in [0.1, 0.15) is 47.2 Å². The molecule has 2 aromatic carbocycles. The van der Waals surface area contributed by atoms with E-state index in [4.69, 9.17) is 19.3 Å². The van der Waals surface area contributed by atoms with Crippen LogP contribution >= 0.6 is 0 Å². The Hall–Kier alpha value is -3.58. The number of aliphatic hydroxyl groups is 3. The number of carbonyl (C=O) groups is 2. The van der Waals surface area contributed by atoms with Crippen LogP contribution in [-0.2, 0) is 9.53 Å². The van der Waals surface area contributed by atoms with Crippen LogP contribution in [0.2, 0.25) is 0 Å². The summed E-state index contributed by atoms with van der Waals surface area (Å²) >= 11 is 0. The fourth-order valence-corrected chi connectivity index (χ4v) is 3.69. The Labute approximate surface area is 185 Å². The summed E-state index contributed by atoms with van der Waals surface area (Å²) in [5.74, 6) is -3.63. The Kier molecular flexibility index (Phi) is 5.76. The molecule has 12 nitrogen and oxygen atoms in total. The topological polar surface area (TPSA) is 203 Å². The summed E-state index contributed by atoms with van der Waals surface area (Å²) in [5.41, 5.74) is 0.244. The summed E-state index contributed by atoms with van der Waals surface area (Å²) in [6, 6.07) is 6.12. The number of carbonyl (C=O) groups excluding carboxylic acids is 1. The van der Waals surface area contributed by atoms with Crippen LogP contribution in [-0.4, -0.2) is 78.2 Å². The molecule has 1 fully saturated rings. The number of rotatable bonds is 4. The van der Waals surface area contributed by atoms with Crippen LogP contribution in [0.5, 0.6) is 28.7 Å². The number of phenolic OH excluding ortho intramolecular Hbond substituents is 3. The van der Waals surface area contributed by atoms with Crippen LogP contribution < -0.4 is 9.47 Å². The first-order valence-corrected chi connectivity index (χ1v) is 9.74. The Balaban J connectivity index is 1.61. The number of aliphatic hydroxyl groups excluding tert-OH is 3. The SMILES string of the molecule is O=C1C[C@H](c2ccc(O)c(O)c2)Oc2cc(O[C@H]3O[C@H](C(=O)O)[C@H](O)[C@@H](O)[C@H]3O)cc(O)c21. The van der Waals surface area contributed by atoms with Crippen molar-refractivity contribution < 1.29 is 59.5 Å². The molecular weight excluding hydrogens is 444 g/mol. The van der Waals surface area contributed by atoms with Crippen molar-refractivity contribution in [3.8, 4) is 28.7 Å². The van der Waals surface area contributed by atoms with E-state index in [1.807, 2.05) is 0 Å². The molecule has 4 rings (SSSR count).